The molecule has 3 aromatic rings. The number of pyridine rings is 1. The highest BCUT2D eigenvalue weighted by molar-refractivity contribution is 5.89. The highest BCUT2D eigenvalue weighted by Crippen LogP contribution is 2.22. The lowest BCUT2D eigenvalue weighted by atomic mass is 10.1. The Bertz CT molecular complexity index is 794. The number of carbonyl (C=O) groups excluding carboxylic acids is 1. The van der Waals surface area contributed by atoms with Gasteiger partial charge in [-0.25, -0.2) is 9.18 Å². The third-order valence-electron chi connectivity index (χ3n) is 3.40. The number of rotatable bonds is 3. The lowest BCUT2D eigenvalue weighted by molar-refractivity contribution is 0.0323. The van der Waals surface area contributed by atoms with Crippen LogP contribution in [0.3, 0.4) is 0 Å². The Morgan fingerprint density at radius 1 is 1.10 bits per heavy atom. The summed E-state index contributed by atoms with van der Waals surface area (Å²) in [6.07, 6.45) is 1.15. The van der Waals surface area contributed by atoms with Crippen LogP contribution in [-0.2, 0) is 4.74 Å². The van der Waals surface area contributed by atoms with Crippen molar-refractivity contribution in [3.63, 3.8) is 0 Å². The molecule has 0 N–H and O–H groups in total. The van der Waals surface area contributed by atoms with E-state index in [1.807, 2.05) is 24.3 Å². The second-order valence-corrected chi connectivity index (χ2v) is 4.78. The standard InChI is InChI=1S/C17H14FNO2/c1-12(14-7-2-3-8-15(14)18)21-17(20)16-10-9-13-6-4-5-11-19(13)16/h2-12H,1H3. The van der Waals surface area contributed by atoms with Gasteiger partial charge in [0.2, 0.25) is 0 Å². The van der Waals surface area contributed by atoms with Crippen molar-refractivity contribution in [3.05, 3.63) is 77.9 Å². The first-order valence-electron chi connectivity index (χ1n) is 6.68. The van der Waals surface area contributed by atoms with E-state index in [9.17, 15) is 9.18 Å². The SMILES string of the molecule is CC(OC(=O)c1ccc2ccccn12)c1ccccc1F. The van der Waals surface area contributed by atoms with E-state index in [0.29, 0.717) is 11.3 Å². The lowest BCUT2D eigenvalue weighted by Crippen LogP contribution is -2.12. The van der Waals surface area contributed by atoms with Crippen molar-refractivity contribution in [1.29, 1.82) is 0 Å². The molecule has 0 radical (unpaired) electrons. The predicted octanol–water partition coefficient (Wildman–Crippen LogP) is 4.00. The summed E-state index contributed by atoms with van der Waals surface area (Å²) in [6, 6.07) is 15.5. The van der Waals surface area contributed by atoms with E-state index in [4.69, 9.17) is 4.74 Å². The number of halogens is 1. The van der Waals surface area contributed by atoms with E-state index in [0.717, 1.165) is 5.52 Å². The molecule has 1 aromatic carbocycles. The van der Waals surface area contributed by atoms with Crippen LogP contribution in [0.1, 0.15) is 29.1 Å². The van der Waals surface area contributed by atoms with Crippen LogP contribution in [0.5, 0.6) is 0 Å². The molecule has 21 heavy (non-hydrogen) atoms. The molecule has 2 aromatic heterocycles. The Morgan fingerprint density at radius 2 is 1.86 bits per heavy atom. The van der Waals surface area contributed by atoms with Gasteiger partial charge in [-0.1, -0.05) is 24.3 Å². The zero-order valence-electron chi connectivity index (χ0n) is 11.5. The largest absolute Gasteiger partial charge is 0.453 e. The summed E-state index contributed by atoms with van der Waals surface area (Å²) in [7, 11) is 0. The van der Waals surface area contributed by atoms with Gasteiger partial charge < -0.3 is 9.14 Å². The van der Waals surface area contributed by atoms with Crippen LogP contribution >= 0.6 is 0 Å². The predicted molar refractivity (Wildman–Crippen MR) is 77.6 cm³/mol. The van der Waals surface area contributed by atoms with E-state index >= 15 is 0 Å². The highest BCUT2D eigenvalue weighted by Gasteiger charge is 2.18. The van der Waals surface area contributed by atoms with Crippen molar-refractivity contribution in [2.75, 3.05) is 0 Å². The van der Waals surface area contributed by atoms with Gasteiger partial charge in [0.15, 0.2) is 0 Å². The molecule has 0 saturated carbocycles. The van der Waals surface area contributed by atoms with Crippen LogP contribution in [0.25, 0.3) is 5.52 Å². The molecule has 4 heteroatoms. The molecular weight excluding hydrogens is 269 g/mol. The van der Waals surface area contributed by atoms with E-state index in [1.165, 1.54) is 6.07 Å². The number of nitrogens with zero attached hydrogens (tertiary/aromatic N) is 1. The number of aromatic nitrogens is 1. The number of hydrogen-bond donors (Lipinski definition) is 0. The number of benzene rings is 1. The molecule has 1 unspecified atom stereocenters. The maximum absolute atomic E-state index is 13.7. The number of esters is 1. The first kappa shape index (κ1) is 13.4. The summed E-state index contributed by atoms with van der Waals surface area (Å²) < 4.78 is 20.8. The molecule has 106 valence electrons. The molecule has 0 amide bonds. The normalized spacial score (nSPS) is 12.3. The first-order chi connectivity index (χ1) is 10.2. The molecule has 0 aliphatic heterocycles. The molecule has 0 bridgehead atoms. The summed E-state index contributed by atoms with van der Waals surface area (Å²) in [4.78, 5) is 12.2. The summed E-state index contributed by atoms with van der Waals surface area (Å²) in [5.41, 5.74) is 1.70. The second kappa shape index (κ2) is 5.40. The third-order valence-corrected chi connectivity index (χ3v) is 3.40. The van der Waals surface area contributed by atoms with Gasteiger partial charge in [0, 0.05) is 17.3 Å². The van der Waals surface area contributed by atoms with Gasteiger partial charge in [0.05, 0.1) is 0 Å². The second-order valence-electron chi connectivity index (χ2n) is 4.78. The molecule has 1 atom stereocenters. The van der Waals surface area contributed by atoms with Gasteiger partial charge in [0.1, 0.15) is 17.6 Å². The minimum absolute atomic E-state index is 0.367. The van der Waals surface area contributed by atoms with Crippen molar-refractivity contribution in [2.24, 2.45) is 0 Å². The van der Waals surface area contributed by atoms with Gasteiger partial charge in [-0.3, -0.25) is 0 Å². The summed E-state index contributed by atoms with van der Waals surface area (Å²) in [5, 5.41) is 0. The minimum Gasteiger partial charge on any atom is -0.453 e. The zero-order valence-corrected chi connectivity index (χ0v) is 11.5. The van der Waals surface area contributed by atoms with Crippen LogP contribution in [0.4, 0.5) is 4.39 Å². The average molecular weight is 283 g/mol. The van der Waals surface area contributed by atoms with Crippen LogP contribution in [0.2, 0.25) is 0 Å². The number of hydrogen-bond acceptors (Lipinski definition) is 2. The van der Waals surface area contributed by atoms with Gasteiger partial charge in [0.25, 0.3) is 0 Å². The maximum atomic E-state index is 13.7. The van der Waals surface area contributed by atoms with Crippen LogP contribution in [0, 0.1) is 5.82 Å². The quantitative estimate of drug-likeness (QED) is 0.680. The molecule has 0 fully saturated rings. The van der Waals surface area contributed by atoms with Crippen molar-refractivity contribution >= 4 is 11.5 Å². The van der Waals surface area contributed by atoms with Gasteiger partial charge >= 0.3 is 5.97 Å². The third kappa shape index (κ3) is 2.52. The van der Waals surface area contributed by atoms with Crippen molar-refractivity contribution < 1.29 is 13.9 Å². The molecule has 0 aliphatic rings. The number of fused-ring (bicyclic) bond motifs is 1. The number of carbonyl (C=O) groups is 1. The Labute approximate surface area is 121 Å². The van der Waals surface area contributed by atoms with Crippen molar-refractivity contribution in [3.8, 4) is 0 Å². The molecule has 3 nitrogen and oxygen atoms in total. The topological polar surface area (TPSA) is 30.7 Å². The summed E-state index contributed by atoms with van der Waals surface area (Å²) in [6.45, 7) is 1.66. The van der Waals surface area contributed by atoms with Gasteiger partial charge in [-0.2, -0.15) is 0 Å². The fourth-order valence-corrected chi connectivity index (χ4v) is 2.31. The van der Waals surface area contributed by atoms with E-state index in [1.54, 1.807) is 41.8 Å². The molecular formula is C17H14FNO2. The first-order valence-corrected chi connectivity index (χ1v) is 6.68. The summed E-state index contributed by atoms with van der Waals surface area (Å²) in [5.74, 6) is -0.852. The number of ether oxygens (including phenoxy) is 1. The minimum atomic E-state index is -0.645. The van der Waals surface area contributed by atoms with E-state index in [-0.39, 0.29) is 5.82 Å². The molecule has 0 spiro atoms. The van der Waals surface area contributed by atoms with Crippen molar-refractivity contribution in [1.82, 2.24) is 4.40 Å². The highest BCUT2D eigenvalue weighted by atomic mass is 19.1. The molecule has 2 heterocycles. The Kier molecular flexibility index (Phi) is 3.44. The molecule has 0 saturated heterocycles. The Hall–Kier alpha value is -2.62. The Balaban J connectivity index is 1.85. The van der Waals surface area contributed by atoms with Crippen molar-refractivity contribution in [2.45, 2.75) is 13.0 Å². The molecule has 0 aliphatic carbocycles. The lowest BCUT2D eigenvalue weighted by Gasteiger charge is -2.14. The van der Waals surface area contributed by atoms with Gasteiger partial charge in [-0.15, -0.1) is 0 Å². The fourth-order valence-electron chi connectivity index (χ4n) is 2.31. The summed E-state index contributed by atoms with van der Waals surface area (Å²) >= 11 is 0. The van der Waals surface area contributed by atoms with Crippen LogP contribution < -0.4 is 0 Å². The van der Waals surface area contributed by atoms with Gasteiger partial charge in [-0.05, 0) is 37.3 Å². The zero-order chi connectivity index (χ0) is 14.8. The van der Waals surface area contributed by atoms with E-state index < -0.39 is 12.1 Å². The Morgan fingerprint density at radius 3 is 2.67 bits per heavy atom. The monoisotopic (exact) mass is 283 g/mol. The smallest absolute Gasteiger partial charge is 0.355 e. The van der Waals surface area contributed by atoms with Crippen LogP contribution in [0.15, 0.2) is 60.8 Å². The molecule has 3 rings (SSSR count). The van der Waals surface area contributed by atoms with Crippen LogP contribution in [-0.4, -0.2) is 10.4 Å². The maximum Gasteiger partial charge on any atom is 0.355 e. The fraction of sp³-hybridized carbons (Fsp3) is 0.118. The average Bonchev–Trinajstić information content (AvgIpc) is 2.91. The van der Waals surface area contributed by atoms with E-state index in [2.05, 4.69) is 0 Å².